The van der Waals surface area contributed by atoms with Crippen molar-refractivity contribution < 1.29 is 13.9 Å². The normalized spacial score (nSPS) is 13.9. The molecule has 21 heavy (non-hydrogen) atoms. The average molecular weight is 292 g/mol. The largest absolute Gasteiger partial charge is 0.488 e. The Labute approximate surface area is 124 Å². The van der Waals surface area contributed by atoms with Gasteiger partial charge in [-0.15, -0.1) is 0 Å². The Morgan fingerprint density at radius 1 is 1.43 bits per heavy atom. The SMILES string of the molecule is C[C@H](COc1ccccc1F)NC(=O)[C@@H](C#N)C(C)(C)C. The molecule has 0 unspecified atom stereocenters. The summed E-state index contributed by atoms with van der Waals surface area (Å²) in [6, 6.07) is 7.78. The highest BCUT2D eigenvalue weighted by molar-refractivity contribution is 5.82. The van der Waals surface area contributed by atoms with Gasteiger partial charge in [0.1, 0.15) is 12.5 Å². The van der Waals surface area contributed by atoms with Crippen LogP contribution in [-0.4, -0.2) is 18.6 Å². The van der Waals surface area contributed by atoms with Gasteiger partial charge in [0.05, 0.1) is 12.1 Å². The van der Waals surface area contributed by atoms with E-state index >= 15 is 0 Å². The Morgan fingerprint density at radius 2 is 2.05 bits per heavy atom. The number of rotatable bonds is 5. The summed E-state index contributed by atoms with van der Waals surface area (Å²) < 4.78 is 18.7. The fourth-order valence-corrected chi connectivity index (χ4v) is 1.79. The standard InChI is InChI=1S/C16H21FN2O2/c1-11(10-21-14-8-6-5-7-13(14)17)19-15(20)12(9-18)16(2,3)4/h5-8,11-12H,10H2,1-4H3,(H,19,20)/t11-,12-/m1/s1. The van der Waals surface area contributed by atoms with E-state index in [4.69, 9.17) is 10.00 Å². The van der Waals surface area contributed by atoms with E-state index in [1.165, 1.54) is 12.1 Å². The van der Waals surface area contributed by atoms with E-state index < -0.39 is 17.2 Å². The molecule has 1 N–H and O–H groups in total. The molecular weight excluding hydrogens is 271 g/mol. The Kier molecular flexibility index (Phi) is 5.71. The summed E-state index contributed by atoms with van der Waals surface area (Å²) in [5.74, 6) is -1.38. The van der Waals surface area contributed by atoms with Gasteiger partial charge in [-0.2, -0.15) is 5.26 Å². The molecule has 0 radical (unpaired) electrons. The highest BCUT2D eigenvalue weighted by Gasteiger charge is 2.31. The van der Waals surface area contributed by atoms with E-state index in [9.17, 15) is 9.18 Å². The number of para-hydroxylation sites is 1. The minimum atomic E-state index is -0.742. The number of nitriles is 1. The summed E-state index contributed by atoms with van der Waals surface area (Å²) in [6.07, 6.45) is 0. The molecule has 0 aliphatic carbocycles. The van der Waals surface area contributed by atoms with E-state index in [0.717, 1.165) is 0 Å². The number of nitrogens with zero attached hydrogens (tertiary/aromatic N) is 1. The van der Waals surface area contributed by atoms with E-state index in [-0.39, 0.29) is 24.3 Å². The minimum Gasteiger partial charge on any atom is -0.488 e. The van der Waals surface area contributed by atoms with E-state index in [2.05, 4.69) is 5.32 Å². The molecule has 5 heteroatoms. The lowest BCUT2D eigenvalue weighted by molar-refractivity contribution is -0.126. The maximum absolute atomic E-state index is 13.4. The number of nitrogens with one attached hydrogen (secondary N) is 1. The van der Waals surface area contributed by atoms with Crippen LogP contribution in [-0.2, 0) is 4.79 Å². The number of ether oxygens (including phenoxy) is 1. The molecule has 0 fully saturated rings. The molecule has 0 bridgehead atoms. The molecule has 0 saturated carbocycles. The van der Waals surface area contributed by atoms with Crippen LogP contribution in [0, 0.1) is 28.5 Å². The van der Waals surface area contributed by atoms with Gasteiger partial charge in [0.25, 0.3) is 0 Å². The predicted octanol–water partition coefficient (Wildman–Crippen LogP) is 2.90. The lowest BCUT2D eigenvalue weighted by Crippen LogP contribution is -2.43. The molecule has 1 aromatic carbocycles. The summed E-state index contributed by atoms with van der Waals surface area (Å²) in [4.78, 5) is 12.0. The molecule has 4 nitrogen and oxygen atoms in total. The molecule has 1 aromatic rings. The van der Waals surface area contributed by atoms with Gasteiger partial charge in [0.15, 0.2) is 11.6 Å². The average Bonchev–Trinajstić information content (AvgIpc) is 2.36. The number of carbonyl (C=O) groups is 1. The first-order chi connectivity index (χ1) is 9.75. The van der Waals surface area contributed by atoms with E-state index in [1.807, 2.05) is 26.8 Å². The van der Waals surface area contributed by atoms with E-state index in [0.29, 0.717) is 0 Å². The molecule has 0 aliphatic rings. The van der Waals surface area contributed by atoms with Gasteiger partial charge in [-0.05, 0) is 24.5 Å². The van der Waals surface area contributed by atoms with Gasteiger partial charge in [0.2, 0.25) is 5.91 Å². The molecule has 0 aliphatic heterocycles. The van der Waals surface area contributed by atoms with Crippen LogP contribution in [0.25, 0.3) is 0 Å². The number of amides is 1. The second-order valence-electron chi connectivity index (χ2n) is 6.08. The third-order valence-electron chi connectivity index (χ3n) is 2.97. The second-order valence-corrected chi connectivity index (χ2v) is 6.08. The summed E-state index contributed by atoms with van der Waals surface area (Å²) in [5, 5.41) is 11.8. The first-order valence-corrected chi connectivity index (χ1v) is 6.83. The van der Waals surface area contributed by atoms with Crippen molar-refractivity contribution in [1.82, 2.24) is 5.32 Å². The van der Waals surface area contributed by atoms with E-state index in [1.54, 1.807) is 19.1 Å². The van der Waals surface area contributed by atoms with Crippen molar-refractivity contribution in [3.8, 4) is 11.8 Å². The Bertz CT molecular complexity index is 532. The first-order valence-electron chi connectivity index (χ1n) is 6.83. The van der Waals surface area contributed by atoms with Gasteiger partial charge in [0, 0.05) is 0 Å². The fourth-order valence-electron chi connectivity index (χ4n) is 1.79. The van der Waals surface area contributed by atoms with Gasteiger partial charge in [-0.1, -0.05) is 32.9 Å². The zero-order valence-corrected chi connectivity index (χ0v) is 12.8. The van der Waals surface area contributed by atoms with Crippen LogP contribution in [0.5, 0.6) is 5.75 Å². The number of hydrogen-bond acceptors (Lipinski definition) is 3. The highest BCUT2D eigenvalue weighted by atomic mass is 19.1. The second kappa shape index (κ2) is 7.07. The first kappa shape index (κ1) is 17.0. The van der Waals surface area contributed by atoms with Crippen LogP contribution >= 0.6 is 0 Å². The van der Waals surface area contributed by atoms with Crippen LogP contribution < -0.4 is 10.1 Å². The predicted molar refractivity (Wildman–Crippen MR) is 78.1 cm³/mol. The van der Waals surface area contributed by atoms with Gasteiger partial charge in [-0.25, -0.2) is 4.39 Å². The number of carbonyl (C=O) groups excluding carboxylic acids is 1. The quantitative estimate of drug-likeness (QED) is 0.907. The van der Waals surface area contributed by atoms with Gasteiger partial charge >= 0.3 is 0 Å². The van der Waals surface area contributed by atoms with Crippen molar-refractivity contribution >= 4 is 5.91 Å². The topological polar surface area (TPSA) is 62.1 Å². The van der Waals surface area contributed by atoms with Crippen molar-refractivity contribution in [2.45, 2.75) is 33.7 Å². The molecule has 0 saturated heterocycles. The molecule has 114 valence electrons. The fraction of sp³-hybridized carbons (Fsp3) is 0.500. The maximum atomic E-state index is 13.4. The smallest absolute Gasteiger partial charge is 0.238 e. The Morgan fingerprint density at radius 3 is 2.57 bits per heavy atom. The van der Waals surface area contributed by atoms with Gasteiger partial charge in [-0.3, -0.25) is 4.79 Å². The Balaban J connectivity index is 2.54. The molecule has 0 aromatic heterocycles. The van der Waals surface area contributed by atoms with Crippen LogP contribution in [0.15, 0.2) is 24.3 Å². The maximum Gasteiger partial charge on any atom is 0.238 e. The number of benzene rings is 1. The van der Waals surface area contributed by atoms with Crippen molar-refractivity contribution in [3.63, 3.8) is 0 Å². The summed E-state index contributed by atoms with van der Waals surface area (Å²) in [5.41, 5.74) is -0.440. The zero-order valence-electron chi connectivity index (χ0n) is 12.8. The Hall–Kier alpha value is -2.09. The van der Waals surface area contributed by atoms with Crippen molar-refractivity contribution in [2.75, 3.05) is 6.61 Å². The number of hydrogen-bond donors (Lipinski definition) is 1. The minimum absolute atomic E-state index is 0.134. The van der Waals surface area contributed by atoms with Crippen LogP contribution in [0.3, 0.4) is 0 Å². The molecule has 0 heterocycles. The van der Waals surface area contributed by atoms with Crippen LogP contribution in [0.2, 0.25) is 0 Å². The lowest BCUT2D eigenvalue weighted by Gasteiger charge is -2.25. The van der Waals surface area contributed by atoms with Crippen molar-refractivity contribution in [2.24, 2.45) is 11.3 Å². The monoisotopic (exact) mass is 292 g/mol. The van der Waals surface area contributed by atoms with Crippen molar-refractivity contribution in [3.05, 3.63) is 30.1 Å². The number of halogens is 1. The molecule has 0 spiro atoms. The summed E-state index contributed by atoms with van der Waals surface area (Å²) in [7, 11) is 0. The molecule has 2 atom stereocenters. The van der Waals surface area contributed by atoms with Crippen molar-refractivity contribution in [1.29, 1.82) is 5.26 Å². The molecule has 1 amide bonds. The van der Waals surface area contributed by atoms with Crippen LogP contribution in [0.1, 0.15) is 27.7 Å². The summed E-state index contributed by atoms with van der Waals surface area (Å²) >= 11 is 0. The third-order valence-corrected chi connectivity index (χ3v) is 2.97. The zero-order chi connectivity index (χ0) is 16.0. The summed E-state index contributed by atoms with van der Waals surface area (Å²) in [6.45, 7) is 7.38. The van der Waals surface area contributed by atoms with Crippen LogP contribution in [0.4, 0.5) is 4.39 Å². The third kappa shape index (κ3) is 5.07. The lowest BCUT2D eigenvalue weighted by atomic mass is 9.81. The van der Waals surface area contributed by atoms with Gasteiger partial charge < -0.3 is 10.1 Å². The molecular formula is C16H21FN2O2. The molecule has 1 rings (SSSR count). The highest BCUT2D eigenvalue weighted by Crippen LogP contribution is 2.25.